The third-order valence-electron chi connectivity index (χ3n) is 2.95. The number of hydrogen-bond acceptors (Lipinski definition) is 3. The molecular formula is C13H23NOS. The normalized spacial score (nSPS) is 15.1. The Hall–Kier alpha value is -0.410. The van der Waals surface area contributed by atoms with Gasteiger partial charge in [0.1, 0.15) is 11.5 Å². The van der Waals surface area contributed by atoms with Crippen LogP contribution in [0.5, 0.6) is 0 Å². The second-order valence-electron chi connectivity index (χ2n) is 4.38. The second kappa shape index (κ2) is 6.36. The standard InChI is InChI=1S/C13H23NOS/c1-9-8-13(12(4)15-9)11(3)14-7-6-10(2)16-5/h8,10-11,14H,6-7H2,1-5H3. The van der Waals surface area contributed by atoms with Crippen molar-refractivity contribution in [3.63, 3.8) is 0 Å². The molecule has 0 bridgehead atoms. The van der Waals surface area contributed by atoms with Crippen molar-refractivity contribution in [2.45, 2.75) is 45.4 Å². The van der Waals surface area contributed by atoms with Crippen LogP contribution in [0.15, 0.2) is 10.5 Å². The molecule has 0 aromatic carbocycles. The van der Waals surface area contributed by atoms with Crippen molar-refractivity contribution >= 4 is 11.8 Å². The Morgan fingerprint density at radius 3 is 2.56 bits per heavy atom. The number of nitrogens with one attached hydrogen (secondary N) is 1. The molecule has 0 radical (unpaired) electrons. The molecule has 0 saturated carbocycles. The number of furan rings is 1. The fourth-order valence-electron chi connectivity index (χ4n) is 1.81. The maximum atomic E-state index is 5.54. The Morgan fingerprint density at radius 2 is 2.06 bits per heavy atom. The summed E-state index contributed by atoms with van der Waals surface area (Å²) >= 11 is 1.92. The lowest BCUT2D eigenvalue weighted by atomic mass is 10.1. The first-order chi connectivity index (χ1) is 7.54. The summed E-state index contributed by atoms with van der Waals surface area (Å²) in [5, 5.41) is 4.27. The van der Waals surface area contributed by atoms with Crippen molar-refractivity contribution in [3.8, 4) is 0 Å². The minimum atomic E-state index is 0.381. The van der Waals surface area contributed by atoms with Gasteiger partial charge in [0.2, 0.25) is 0 Å². The molecular weight excluding hydrogens is 218 g/mol. The lowest BCUT2D eigenvalue weighted by Crippen LogP contribution is -2.22. The summed E-state index contributed by atoms with van der Waals surface area (Å²) < 4.78 is 5.54. The summed E-state index contributed by atoms with van der Waals surface area (Å²) in [6.45, 7) is 9.56. The highest BCUT2D eigenvalue weighted by molar-refractivity contribution is 7.99. The molecule has 1 aromatic heterocycles. The Kier molecular flexibility index (Phi) is 5.42. The average molecular weight is 241 g/mol. The average Bonchev–Trinajstić information content (AvgIpc) is 2.57. The maximum absolute atomic E-state index is 5.54. The molecule has 1 rings (SSSR count). The monoisotopic (exact) mass is 241 g/mol. The fraction of sp³-hybridized carbons (Fsp3) is 0.692. The molecule has 0 aliphatic rings. The summed E-state index contributed by atoms with van der Waals surface area (Å²) in [5.74, 6) is 2.04. The van der Waals surface area contributed by atoms with E-state index in [0.717, 1.165) is 23.3 Å². The molecule has 0 saturated heterocycles. The van der Waals surface area contributed by atoms with Crippen LogP contribution < -0.4 is 5.32 Å². The molecule has 0 aliphatic carbocycles. The van der Waals surface area contributed by atoms with Crippen LogP contribution in [0.2, 0.25) is 0 Å². The van der Waals surface area contributed by atoms with Crippen molar-refractivity contribution in [2.75, 3.05) is 12.8 Å². The number of hydrogen-bond donors (Lipinski definition) is 1. The third-order valence-corrected chi connectivity index (χ3v) is 3.99. The summed E-state index contributed by atoms with van der Waals surface area (Å²) in [5.41, 5.74) is 1.29. The molecule has 1 N–H and O–H groups in total. The van der Waals surface area contributed by atoms with E-state index in [1.54, 1.807) is 0 Å². The van der Waals surface area contributed by atoms with Gasteiger partial charge in [-0.15, -0.1) is 0 Å². The van der Waals surface area contributed by atoms with Crippen molar-refractivity contribution in [1.29, 1.82) is 0 Å². The van der Waals surface area contributed by atoms with Crippen LogP contribution in [-0.2, 0) is 0 Å². The van der Waals surface area contributed by atoms with Crippen LogP contribution in [0.3, 0.4) is 0 Å². The topological polar surface area (TPSA) is 25.2 Å². The van der Waals surface area contributed by atoms with Crippen LogP contribution in [0.4, 0.5) is 0 Å². The zero-order valence-electron chi connectivity index (χ0n) is 11.0. The van der Waals surface area contributed by atoms with Crippen molar-refractivity contribution in [2.24, 2.45) is 0 Å². The van der Waals surface area contributed by atoms with E-state index in [2.05, 4.69) is 31.5 Å². The van der Waals surface area contributed by atoms with E-state index in [0.29, 0.717) is 6.04 Å². The zero-order chi connectivity index (χ0) is 12.1. The third kappa shape index (κ3) is 3.87. The SMILES string of the molecule is CSC(C)CCNC(C)c1cc(C)oc1C. The predicted molar refractivity (Wildman–Crippen MR) is 72.2 cm³/mol. The molecule has 2 nitrogen and oxygen atoms in total. The maximum Gasteiger partial charge on any atom is 0.105 e. The summed E-state index contributed by atoms with van der Waals surface area (Å²) in [4.78, 5) is 0. The van der Waals surface area contributed by atoms with Crippen LogP contribution in [-0.4, -0.2) is 18.1 Å². The van der Waals surface area contributed by atoms with Crippen LogP contribution in [0, 0.1) is 13.8 Å². The van der Waals surface area contributed by atoms with E-state index >= 15 is 0 Å². The smallest absolute Gasteiger partial charge is 0.105 e. The van der Waals surface area contributed by atoms with E-state index in [-0.39, 0.29) is 0 Å². The fourth-order valence-corrected chi connectivity index (χ4v) is 2.16. The van der Waals surface area contributed by atoms with Gasteiger partial charge in [-0.1, -0.05) is 6.92 Å². The van der Waals surface area contributed by atoms with Gasteiger partial charge in [-0.05, 0) is 46.1 Å². The second-order valence-corrected chi connectivity index (χ2v) is 5.66. The van der Waals surface area contributed by atoms with Gasteiger partial charge in [-0.25, -0.2) is 0 Å². The summed E-state index contributed by atoms with van der Waals surface area (Å²) in [6.07, 6.45) is 3.37. The molecule has 1 heterocycles. The van der Waals surface area contributed by atoms with E-state index in [1.807, 2.05) is 25.6 Å². The first kappa shape index (κ1) is 13.7. The highest BCUT2D eigenvalue weighted by Gasteiger charge is 2.12. The zero-order valence-corrected chi connectivity index (χ0v) is 11.8. The highest BCUT2D eigenvalue weighted by atomic mass is 32.2. The lowest BCUT2D eigenvalue weighted by Gasteiger charge is -2.14. The predicted octanol–water partition coefficient (Wildman–Crippen LogP) is 3.69. The van der Waals surface area contributed by atoms with Crippen LogP contribution in [0.25, 0.3) is 0 Å². The van der Waals surface area contributed by atoms with Crippen molar-refractivity contribution < 1.29 is 4.42 Å². The molecule has 16 heavy (non-hydrogen) atoms. The number of thioether (sulfide) groups is 1. The summed E-state index contributed by atoms with van der Waals surface area (Å²) in [6, 6.07) is 2.51. The summed E-state index contributed by atoms with van der Waals surface area (Å²) in [7, 11) is 0. The van der Waals surface area contributed by atoms with Gasteiger partial charge < -0.3 is 9.73 Å². The molecule has 0 fully saturated rings. The van der Waals surface area contributed by atoms with Crippen LogP contribution in [0.1, 0.15) is 43.4 Å². The largest absolute Gasteiger partial charge is 0.466 e. The molecule has 3 heteroatoms. The van der Waals surface area contributed by atoms with Gasteiger partial charge in [-0.3, -0.25) is 0 Å². The van der Waals surface area contributed by atoms with E-state index in [1.165, 1.54) is 12.0 Å². The van der Waals surface area contributed by atoms with Gasteiger partial charge in [0, 0.05) is 16.9 Å². The van der Waals surface area contributed by atoms with Gasteiger partial charge in [0.05, 0.1) is 0 Å². The minimum absolute atomic E-state index is 0.381. The van der Waals surface area contributed by atoms with Gasteiger partial charge in [0.25, 0.3) is 0 Å². The number of rotatable bonds is 6. The first-order valence-electron chi connectivity index (χ1n) is 5.87. The van der Waals surface area contributed by atoms with Crippen LogP contribution >= 0.6 is 11.8 Å². The number of aryl methyl sites for hydroxylation is 2. The van der Waals surface area contributed by atoms with Crippen molar-refractivity contribution in [1.82, 2.24) is 5.32 Å². The molecule has 1 aromatic rings. The molecule has 0 aliphatic heterocycles. The van der Waals surface area contributed by atoms with E-state index in [4.69, 9.17) is 4.42 Å². The molecule has 0 spiro atoms. The molecule has 2 atom stereocenters. The van der Waals surface area contributed by atoms with Gasteiger partial charge in [-0.2, -0.15) is 11.8 Å². The molecule has 0 amide bonds. The minimum Gasteiger partial charge on any atom is -0.466 e. The van der Waals surface area contributed by atoms with Gasteiger partial charge >= 0.3 is 0 Å². The van der Waals surface area contributed by atoms with Gasteiger partial charge in [0.15, 0.2) is 0 Å². The Balaban J connectivity index is 2.40. The Morgan fingerprint density at radius 1 is 1.38 bits per heavy atom. The lowest BCUT2D eigenvalue weighted by molar-refractivity contribution is 0.488. The Bertz CT molecular complexity index is 322. The van der Waals surface area contributed by atoms with E-state index < -0.39 is 0 Å². The van der Waals surface area contributed by atoms with E-state index in [9.17, 15) is 0 Å². The quantitative estimate of drug-likeness (QED) is 0.822. The highest BCUT2D eigenvalue weighted by Crippen LogP contribution is 2.21. The first-order valence-corrected chi connectivity index (χ1v) is 7.16. The molecule has 92 valence electrons. The Labute approximate surface area is 103 Å². The van der Waals surface area contributed by atoms with Crippen molar-refractivity contribution in [3.05, 3.63) is 23.2 Å². The molecule has 2 unspecified atom stereocenters.